The number of urea groups is 1. The molecule has 1 heterocycles. The van der Waals surface area contributed by atoms with Crippen LogP contribution in [0.2, 0.25) is 0 Å². The molecule has 1 aliphatic rings. The lowest BCUT2D eigenvalue weighted by molar-refractivity contribution is -0.126. The second kappa shape index (κ2) is 12.3. The van der Waals surface area contributed by atoms with Gasteiger partial charge in [0.15, 0.2) is 5.78 Å². The van der Waals surface area contributed by atoms with Crippen molar-refractivity contribution in [3.8, 4) is 0 Å². The minimum absolute atomic E-state index is 0.156. The first-order chi connectivity index (χ1) is 19.9. The summed E-state index contributed by atoms with van der Waals surface area (Å²) in [4.78, 5) is 69.0. The molecule has 10 heteroatoms. The number of rotatable bonds is 6. The maximum Gasteiger partial charge on any atom is 0.337 e. The topological polar surface area (TPSA) is 125 Å². The molecule has 0 aliphatic carbocycles. The number of hydrogen-bond donors (Lipinski definition) is 2. The van der Waals surface area contributed by atoms with Gasteiger partial charge >= 0.3 is 12.0 Å². The van der Waals surface area contributed by atoms with Crippen molar-refractivity contribution in [1.29, 1.82) is 0 Å². The Bertz CT molecular complexity index is 1540. The largest absolute Gasteiger partial charge is 0.465 e. The third-order valence-corrected chi connectivity index (χ3v) is 6.87. The zero-order chi connectivity index (χ0) is 30.6. The van der Waals surface area contributed by atoms with E-state index in [1.807, 2.05) is 19.1 Å². The maximum absolute atomic E-state index is 14.1. The van der Waals surface area contributed by atoms with E-state index in [4.69, 9.17) is 4.74 Å². The van der Waals surface area contributed by atoms with Gasteiger partial charge in [-0.1, -0.05) is 63.2 Å². The number of ketones is 1. The van der Waals surface area contributed by atoms with Gasteiger partial charge < -0.3 is 25.2 Å². The second-order valence-corrected chi connectivity index (χ2v) is 11.0. The number of carbonyl (C=O) groups excluding carboxylic acids is 5. The van der Waals surface area contributed by atoms with Crippen molar-refractivity contribution in [3.63, 3.8) is 0 Å². The van der Waals surface area contributed by atoms with Crippen LogP contribution in [0, 0.1) is 12.3 Å². The molecule has 1 unspecified atom stereocenters. The number of methoxy groups -OCH3 is 1. The quantitative estimate of drug-likeness (QED) is 0.330. The maximum atomic E-state index is 14.1. The Hall–Kier alpha value is -4.99. The lowest BCUT2D eigenvalue weighted by atomic mass is 9.94. The zero-order valence-corrected chi connectivity index (χ0v) is 24.3. The van der Waals surface area contributed by atoms with E-state index in [2.05, 4.69) is 10.6 Å². The fourth-order valence-electron chi connectivity index (χ4n) is 4.74. The molecule has 3 aromatic carbocycles. The van der Waals surface area contributed by atoms with Gasteiger partial charge in [0.05, 0.1) is 37.1 Å². The molecule has 0 saturated carbocycles. The van der Waals surface area contributed by atoms with Crippen LogP contribution in [0.15, 0.2) is 72.8 Å². The molecule has 0 bridgehead atoms. The summed E-state index contributed by atoms with van der Waals surface area (Å²) in [5, 5.41) is 5.32. The molecular formula is C32H34N4O6. The summed E-state index contributed by atoms with van der Waals surface area (Å²) in [6, 6.07) is 18.2. The molecular weight excluding hydrogens is 536 g/mol. The Morgan fingerprint density at radius 3 is 2.26 bits per heavy atom. The summed E-state index contributed by atoms with van der Waals surface area (Å²) in [7, 11) is 1.26. The first-order valence-electron chi connectivity index (χ1n) is 13.5. The van der Waals surface area contributed by atoms with E-state index in [1.165, 1.54) is 23.0 Å². The average Bonchev–Trinajstić information content (AvgIpc) is 3.06. The van der Waals surface area contributed by atoms with Crippen LogP contribution in [0.1, 0.15) is 47.1 Å². The monoisotopic (exact) mass is 570 g/mol. The molecule has 4 amide bonds. The highest BCUT2D eigenvalue weighted by atomic mass is 16.5. The minimum atomic E-state index is -1.20. The molecule has 218 valence electrons. The molecule has 0 fully saturated rings. The summed E-state index contributed by atoms with van der Waals surface area (Å²) in [6.45, 7) is 6.68. The van der Waals surface area contributed by atoms with Gasteiger partial charge in [-0.25, -0.2) is 9.59 Å². The van der Waals surface area contributed by atoms with E-state index in [1.54, 1.807) is 75.4 Å². The predicted molar refractivity (Wildman–Crippen MR) is 160 cm³/mol. The van der Waals surface area contributed by atoms with Crippen molar-refractivity contribution in [3.05, 3.63) is 89.5 Å². The van der Waals surface area contributed by atoms with Gasteiger partial charge in [-0.05, 0) is 42.8 Å². The SMILES string of the molecule is COC(=O)c1cccc(NC(=O)NC2CN(C(=O)C(C)(C)C)c3ccccc3N(CC(=O)c3ccccc3C)C2=O)c1. The number of aryl methyl sites for hydroxylation is 1. The van der Waals surface area contributed by atoms with Crippen LogP contribution in [0.3, 0.4) is 0 Å². The van der Waals surface area contributed by atoms with Crippen LogP contribution in [-0.2, 0) is 14.3 Å². The number of para-hydroxylation sites is 2. The fourth-order valence-corrected chi connectivity index (χ4v) is 4.74. The van der Waals surface area contributed by atoms with Crippen LogP contribution in [0.5, 0.6) is 0 Å². The molecule has 4 rings (SSSR count). The Labute approximate surface area is 244 Å². The van der Waals surface area contributed by atoms with Crippen LogP contribution in [0.25, 0.3) is 0 Å². The lowest BCUT2D eigenvalue weighted by Crippen LogP contribution is -2.55. The van der Waals surface area contributed by atoms with Gasteiger partial charge in [0, 0.05) is 16.7 Å². The summed E-state index contributed by atoms with van der Waals surface area (Å²) in [5.74, 6) is -1.66. The molecule has 1 atom stereocenters. The molecule has 10 nitrogen and oxygen atoms in total. The molecule has 42 heavy (non-hydrogen) atoms. The second-order valence-electron chi connectivity index (χ2n) is 11.0. The minimum Gasteiger partial charge on any atom is -0.465 e. The lowest BCUT2D eigenvalue weighted by Gasteiger charge is -2.30. The first kappa shape index (κ1) is 30.0. The van der Waals surface area contributed by atoms with E-state index in [9.17, 15) is 24.0 Å². The van der Waals surface area contributed by atoms with Gasteiger partial charge in [0.25, 0.3) is 5.91 Å². The number of ether oxygens (including phenoxy) is 1. The smallest absolute Gasteiger partial charge is 0.337 e. The van der Waals surface area contributed by atoms with Crippen LogP contribution in [-0.4, -0.2) is 55.8 Å². The van der Waals surface area contributed by atoms with E-state index in [0.717, 1.165) is 5.56 Å². The highest BCUT2D eigenvalue weighted by Crippen LogP contribution is 2.35. The normalized spacial score (nSPS) is 14.9. The Morgan fingerprint density at radius 2 is 1.60 bits per heavy atom. The van der Waals surface area contributed by atoms with Crippen molar-refractivity contribution in [2.45, 2.75) is 33.7 Å². The molecule has 1 aliphatic heterocycles. The van der Waals surface area contributed by atoms with E-state index < -0.39 is 29.4 Å². The number of benzene rings is 3. The average molecular weight is 571 g/mol. The van der Waals surface area contributed by atoms with E-state index in [-0.39, 0.29) is 30.3 Å². The van der Waals surface area contributed by atoms with Gasteiger partial charge in [-0.2, -0.15) is 0 Å². The first-order valence-corrected chi connectivity index (χ1v) is 13.5. The van der Waals surface area contributed by atoms with Crippen molar-refractivity contribution >= 4 is 46.7 Å². The highest BCUT2D eigenvalue weighted by Gasteiger charge is 2.40. The Balaban J connectivity index is 1.70. The summed E-state index contributed by atoms with van der Waals surface area (Å²) >= 11 is 0. The summed E-state index contributed by atoms with van der Waals surface area (Å²) in [5.41, 5.74) is 1.82. The van der Waals surface area contributed by atoms with Gasteiger partial charge in [-0.15, -0.1) is 0 Å². The van der Waals surface area contributed by atoms with Gasteiger partial charge in [0.2, 0.25) is 5.91 Å². The van der Waals surface area contributed by atoms with E-state index in [0.29, 0.717) is 22.6 Å². The van der Waals surface area contributed by atoms with Crippen LogP contribution in [0.4, 0.5) is 21.9 Å². The van der Waals surface area contributed by atoms with Crippen LogP contribution < -0.4 is 20.4 Å². The fraction of sp³-hybridized carbons (Fsp3) is 0.281. The number of nitrogens with one attached hydrogen (secondary N) is 2. The standard InChI is InChI=1S/C32H34N4O6/c1-20-11-6-7-14-23(20)27(37)19-35-25-15-8-9-16-26(25)36(30(40)32(2,3)4)18-24(28(35)38)34-31(41)33-22-13-10-12-21(17-22)29(39)42-5/h6-17,24H,18-19H2,1-5H3,(H2,33,34,41). The number of esters is 1. The molecule has 0 spiro atoms. The summed E-state index contributed by atoms with van der Waals surface area (Å²) < 4.78 is 4.74. The number of Topliss-reactive ketones (excluding diaryl/α,β-unsaturated/α-hetero) is 1. The van der Waals surface area contributed by atoms with E-state index >= 15 is 0 Å². The Kier molecular flexibility index (Phi) is 8.75. The number of amides is 4. The predicted octanol–water partition coefficient (Wildman–Crippen LogP) is 4.58. The van der Waals surface area contributed by atoms with Crippen molar-refractivity contribution in [2.75, 3.05) is 35.3 Å². The van der Waals surface area contributed by atoms with Crippen molar-refractivity contribution in [2.24, 2.45) is 5.41 Å². The highest BCUT2D eigenvalue weighted by molar-refractivity contribution is 6.13. The summed E-state index contributed by atoms with van der Waals surface area (Å²) in [6.07, 6.45) is 0. The Morgan fingerprint density at radius 1 is 0.929 bits per heavy atom. The van der Waals surface area contributed by atoms with Crippen molar-refractivity contribution < 1.29 is 28.7 Å². The molecule has 2 N–H and O–H groups in total. The number of anilines is 3. The molecule has 0 saturated heterocycles. The van der Waals surface area contributed by atoms with Gasteiger partial charge in [0.1, 0.15) is 6.04 Å². The number of fused-ring (bicyclic) bond motifs is 1. The zero-order valence-electron chi connectivity index (χ0n) is 24.3. The van der Waals surface area contributed by atoms with Crippen molar-refractivity contribution in [1.82, 2.24) is 5.32 Å². The molecule has 0 radical (unpaired) electrons. The third kappa shape index (κ3) is 6.49. The van der Waals surface area contributed by atoms with Gasteiger partial charge in [-0.3, -0.25) is 14.4 Å². The van der Waals surface area contributed by atoms with Crippen LogP contribution >= 0.6 is 0 Å². The third-order valence-electron chi connectivity index (χ3n) is 6.87. The number of nitrogens with zero attached hydrogens (tertiary/aromatic N) is 2. The molecule has 0 aromatic heterocycles. The number of hydrogen-bond acceptors (Lipinski definition) is 6. The molecule has 3 aromatic rings. The number of carbonyl (C=O) groups is 5.